The summed E-state index contributed by atoms with van der Waals surface area (Å²) >= 11 is 0. The standard InChI is InChI=1S/C31H44FN5O2/c1-5-6-7-8-9-22(2)23-10-14-25(15-11-23)34-29-33-19-18-27(35-29)28-20-36(31(3,4)21-38)30(39)37(28)26-16-12-24(32)13-17-26/h12-13,16-20,22-23,25,38H,5-11,14-15,21H2,1-4H3,(H,33,34,35)/t22?,23-,25-. The number of nitrogens with one attached hydrogen (secondary N) is 1. The van der Waals surface area contributed by atoms with Crippen molar-refractivity contribution < 1.29 is 9.50 Å². The van der Waals surface area contributed by atoms with Gasteiger partial charge in [-0.1, -0.05) is 46.0 Å². The second kappa shape index (κ2) is 12.9. The second-order valence-electron chi connectivity index (χ2n) is 11.8. The third-order valence-corrected chi connectivity index (χ3v) is 8.35. The van der Waals surface area contributed by atoms with Gasteiger partial charge in [0.25, 0.3) is 0 Å². The van der Waals surface area contributed by atoms with Crippen LogP contribution in [0, 0.1) is 17.7 Å². The molecule has 0 amide bonds. The molecule has 1 aromatic carbocycles. The number of halogens is 1. The van der Waals surface area contributed by atoms with E-state index < -0.39 is 5.54 Å². The Morgan fingerprint density at radius 1 is 1.10 bits per heavy atom. The van der Waals surface area contributed by atoms with Crippen LogP contribution in [0.2, 0.25) is 0 Å². The number of rotatable bonds is 12. The molecule has 0 saturated heterocycles. The fourth-order valence-corrected chi connectivity index (χ4v) is 5.69. The number of aliphatic hydroxyl groups excluding tert-OH is 1. The predicted octanol–water partition coefficient (Wildman–Crippen LogP) is 6.54. The first-order chi connectivity index (χ1) is 18.7. The van der Waals surface area contributed by atoms with Crippen LogP contribution in [0.1, 0.15) is 85.5 Å². The van der Waals surface area contributed by atoms with Crippen molar-refractivity contribution in [3.05, 3.63) is 59.0 Å². The Labute approximate surface area is 231 Å². The highest BCUT2D eigenvalue weighted by atomic mass is 19.1. The molecule has 1 unspecified atom stereocenters. The first-order valence-electron chi connectivity index (χ1n) is 14.5. The summed E-state index contributed by atoms with van der Waals surface area (Å²) in [5.41, 5.74) is 0.511. The second-order valence-corrected chi connectivity index (χ2v) is 11.8. The van der Waals surface area contributed by atoms with Crippen molar-refractivity contribution in [1.29, 1.82) is 0 Å². The van der Waals surface area contributed by atoms with Gasteiger partial charge in [0.05, 0.1) is 29.2 Å². The predicted molar refractivity (Wildman–Crippen MR) is 155 cm³/mol. The number of hydrogen-bond acceptors (Lipinski definition) is 5. The van der Waals surface area contributed by atoms with E-state index in [4.69, 9.17) is 4.98 Å². The minimum atomic E-state index is -0.822. The molecule has 212 valence electrons. The number of unbranched alkanes of at least 4 members (excludes halogenated alkanes) is 3. The maximum Gasteiger partial charge on any atom is 0.333 e. The molecule has 1 saturated carbocycles. The topological polar surface area (TPSA) is 85.0 Å². The van der Waals surface area contributed by atoms with Crippen LogP contribution >= 0.6 is 0 Å². The van der Waals surface area contributed by atoms with Crippen LogP contribution in [0.4, 0.5) is 10.3 Å². The third kappa shape index (κ3) is 6.96. The van der Waals surface area contributed by atoms with E-state index in [0.717, 1.165) is 24.7 Å². The monoisotopic (exact) mass is 537 g/mol. The summed E-state index contributed by atoms with van der Waals surface area (Å²) in [5, 5.41) is 13.5. The molecule has 39 heavy (non-hydrogen) atoms. The van der Waals surface area contributed by atoms with E-state index in [1.54, 1.807) is 44.4 Å². The molecule has 0 radical (unpaired) electrons. The van der Waals surface area contributed by atoms with Crippen LogP contribution in [0.5, 0.6) is 0 Å². The number of imidazole rings is 1. The zero-order valence-electron chi connectivity index (χ0n) is 23.9. The van der Waals surface area contributed by atoms with Gasteiger partial charge in [0, 0.05) is 18.4 Å². The Bertz CT molecular complexity index is 1260. The molecule has 1 fully saturated rings. The third-order valence-electron chi connectivity index (χ3n) is 8.35. The summed E-state index contributed by atoms with van der Waals surface area (Å²) in [6, 6.07) is 7.89. The normalized spacial score (nSPS) is 18.7. The summed E-state index contributed by atoms with van der Waals surface area (Å²) in [6.45, 7) is 8.05. The van der Waals surface area contributed by atoms with Crippen LogP contribution < -0.4 is 11.0 Å². The number of benzene rings is 1. The molecule has 1 aliphatic rings. The van der Waals surface area contributed by atoms with Crippen LogP contribution in [0.15, 0.2) is 47.5 Å². The van der Waals surface area contributed by atoms with Crippen molar-refractivity contribution in [2.75, 3.05) is 11.9 Å². The van der Waals surface area contributed by atoms with Crippen molar-refractivity contribution in [2.24, 2.45) is 11.8 Å². The van der Waals surface area contributed by atoms with Gasteiger partial charge in [0.2, 0.25) is 5.95 Å². The van der Waals surface area contributed by atoms with E-state index in [1.807, 2.05) is 0 Å². The van der Waals surface area contributed by atoms with Crippen LogP contribution in [-0.2, 0) is 5.54 Å². The highest BCUT2D eigenvalue weighted by Crippen LogP contribution is 2.34. The number of nitrogens with zero attached hydrogens (tertiary/aromatic N) is 4. The molecule has 0 spiro atoms. The van der Waals surface area contributed by atoms with E-state index in [0.29, 0.717) is 29.1 Å². The van der Waals surface area contributed by atoms with E-state index in [1.165, 1.54) is 66.2 Å². The number of hydrogen-bond donors (Lipinski definition) is 2. The van der Waals surface area contributed by atoms with Gasteiger partial charge in [0.15, 0.2) is 0 Å². The minimum absolute atomic E-state index is 0.212. The summed E-state index contributed by atoms with van der Waals surface area (Å²) in [5.74, 6) is 1.72. The van der Waals surface area contributed by atoms with Crippen molar-refractivity contribution in [1.82, 2.24) is 19.1 Å². The van der Waals surface area contributed by atoms with Gasteiger partial charge in [0.1, 0.15) is 5.82 Å². The Morgan fingerprint density at radius 2 is 1.82 bits per heavy atom. The van der Waals surface area contributed by atoms with E-state index >= 15 is 0 Å². The molecule has 1 aliphatic carbocycles. The molecule has 4 rings (SSSR count). The Kier molecular flexibility index (Phi) is 9.59. The Morgan fingerprint density at radius 3 is 2.49 bits per heavy atom. The molecule has 2 N–H and O–H groups in total. The first kappa shape index (κ1) is 29.0. The van der Waals surface area contributed by atoms with Gasteiger partial charge in [-0.25, -0.2) is 19.2 Å². The quantitative estimate of drug-likeness (QED) is 0.256. The maximum atomic E-state index is 13.6. The van der Waals surface area contributed by atoms with Gasteiger partial charge in [-0.05, 0) is 81.7 Å². The highest BCUT2D eigenvalue weighted by molar-refractivity contribution is 5.59. The minimum Gasteiger partial charge on any atom is -0.394 e. The number of anilines is 1. The van der Waals surface area contributed by atoms with Crippen LogP contribution in [0.25, 0.3) is 17.1 Å². The average molecular weight is 538 g/mol. The van der Waals surface area contributed by atoms with Gasteiger partial charge < -0.3 is 10.4 Å². The van der Waals surface area contributed by atoms with E-state index in [9.17, 15) is 14.3 Å². The number of aliphatic hydroxyl groups is 1. The molecule has 8 heteroatoms. The fraction of sp³-hybridized carbons (Fsp3) is 0.581. The van der Waals surface area contributed by atoms with Crippen molar-refractivity contribution in [3.63, 3.8) is 0 Å². The number of aromatic nitrogens is 4. The lowest BCUT2D eigenvalue weighted by Gasteiger charge is -2.32. The largest absolute Gasteiger partial charge is 0.394 e. The Hall–Kier alpha value is -3.00. The zero-order valence-corrected chi connectivity index (χ0v) is 23.9. The van der Waals surface area contributed by atoms with Crippen LogP contribution in [0.3, 0.4) is 0 Å². The summed E-state index contributed by atoms with van der Waals surface area (Å²) in [6.07, 6.45) is 14.7. The van der Waals surface area contributed by atoms with Gasteiger partial charge >= 0.3 is 5.69 Å². The molecule has 2 heterocycles. The summed E-state index contributed by atoms with van der Waals surface area (Å²) in [7, 11) is 0. The highest BCUT2D eigenvalue weighted by Gasteiger charge is 2.27. The molecule has 7 nitrogen and oxygen atoms in total. The van der Waals surface area contributed by atoms with Gasteiger partial charge in [-0.3, -0.25) is 9.13 Å². The van der Waals surface area contributed by atoms with Crippen molar-refractivity contribution in [2.45, 2.75) is 97.1 Å². The van der Waals surface area contributed by atoms with E-state index in [2.05, 4.69) is 24.1 Å². The molecule has 0 aliphatic heterocycles. The van der Waals surface area contributed by atoms with E-state index in [-0.39, 0.29) is 18.1 Å². The molecule has 3 aromatic rings. The smallest absolute Gasteiger partial charge is 0.333 e. The lowest BCUT2D eigenvalue weighted by atomic mass is 9.77. The fourth-order valence-electron chi connectivity index (χ4n) is 5.69. The SMILES string of the molecule is CCCCCCC(C)[C@H]1CC[C@H](Nc2nccc(-c3cn(C(C)(C)CO)c(=O)n3-c3ccc(F)cc3)n2)CC1. The average Bonchev–Trinajstić information content (AvgIpc) is 3.30. The van der Waals surface area contributed by atoms with Crippen LogP contribution in [-0.4, -0.2) is 36.9 Å². The molecular formula is C31H44FN5O2. The first-order valence-corrected chi connectivity index (χ1v) is 14.5. The molecule has 2 aromatic heterocycles. The molecule has 0 bridgehead atoms. The van der Waals surface area contributed by atoms with Crippen molar-refractivity contribution in [3.8, 4) is 17.1 Å². The molecular weight excluding hydrogens is 493 g/mol. The lowest BCUT2D eigenvalue weighted by molar-refractivity contribution is 0.161. The van der Waals surface area contributed by atoms with Gasteiger partial charge in [-0.15, -0.1) is 0 Å². The van der Waals surface area contributed by atoms with Gasteiger partial charge in [-0.2, -0.15) is 0 Å². The maximum absolute atomic E-state index is 13.6. The lowest BCUT2D eigenvalue weighted by Crippen LogP contribution is -2.39. The summed E-state index contributed by atoms with van der Waals surface area (Å²) < 4.78 is 16.7. The zero-order chi connectivity index (χ0) is 28.0. The Balaban J connectivity index is 1.51. The summed E-state index contributed by atoms with van der Waals surface area (Å²) in [4.78, 5) is 22.8. The molecule has 1 atom stereocenters. The van der Waals surface area contributed by atoms with Crippen molar-refractivity contribution >= 4 is 5.95 Å².